The Morgan fingerprint density at radius 2 is 2.00 bits per heavy atom. The van der Waals surface area contributed by atoms with Gasteiger partial charge in [-0.2, -0.15) is 0 Å². The molecule has 32 heavy (non-hydrogen) atoms. The zero-order chi connectivity index (χ0) is 22.2. The summed E-state index contributed by atoms with van der Waals surface area (Å²) in [4.78, 5) is 38.9. The molecule has 3 heterocycles. The van der Waals surface area contributed by atoms with Gasteiger partial charge in [0, 0.05) is 41.1 Å². The Labute approximate surface area is 179 Å². The van der Waals surface area contributed by atoms with Crippen LogP contribution in [0.15, 0.2) is 77.9 Å². The van der Waals surface area contributed by atoms with Gasteiger partial charge in [-0.25, -0.2) is 9.48 Å². The lowest BCUT2D eigenvalue weighted by Gasteiger charge is -2.07. The molecular weight excluding hydrogens is 412 g/mol. The van der Waals surface area contributed by atoms with E-state index >= 15 is 0 Å². The first-order valence-corrected chi connectivity index (χ1v) is 9.69. The normalized spacial score (nSPS) is 11.1. The Morgan fingerprint density at radius 1 is 1.12 bits per heavy atom. The standard InChI is InChI=1S/C22H16N6O4/c29-21(18-12-23-19-8-7-16(28(31)32)11-17(18)19)24-15-5-3-4-14(10-15)13-27-22(30)26-9-2-1-6-20(26)25-27/h1-12,23H,13H2,(H,24,29). The number of non-ortho nitro benzene ring substituents is 1. The molecule has 0 saturated heterocycles. The van der Waals surface area contributed by atoms with E-state index in [1.807, 2.05) is 12.1 Å². The minimum Gasteiger partial charge on any atom is -0.360 e. The van der Waals surface area contributed by atoms with Crippen LogP contribution in [0.1, 0.15) is 15.9 Å². The molecule has 0 unspecified atom stereocenters. The molecule has 0 aliphatic heterocycles. The Bertz CT molecular complexity index is 1560. The van der Waals surface area contributed by atoms with Crippen molar-refractivity contribution in [2.24, 2.45) is 0 Å². The van der Waals surface area contributed by atoms with Crippen molar-refractivity contribution < 1.29 is 9.72 Å². The highest BCUT2D eigenvalue weighted by molar-refractivity contribution is 6.13. The number of aromatic nitrogens is 4. The van der Waals surface area contributed by atoms with Crippen molar-refractivity contribution in [3.8, 4) is 0 Å². The van der Waals surface area contributed by atoms with Gasteiger partial charge in [0.25, 0.3) is 11.6 Å². The summed E-state index contributed by atoms with van der Waals surface area (Å²) >= 11 is 0. The number of H-pyrrole nitrogens is 1. The third-order valence-electron chi connectivity index (χ3n) is 5.13. The lowest BCUT2D eigenvalue weighted by atomic mass is 10.1. The highest BCUT2D eigenvalue weighted by Crippen LogP contribution is 2.24. The fraction of sp³-hybridized carbons (Fsp3) is 0.0455. The number of nitro groups is 1. The van der Waals surface area contributed by atoms with Crippen LogP contribution < -0.4 is 11.0 Å². The van der Waals surface area contributed by atoms with Crippen molar-refractivity contribution in [1.29, 1.82) is 0 Å². The third kappa shape index (κ3) is 3.39. The number of fused-ring (bicyclic) bond motifs is 2. The van der Waals surface area contributed by atoms with Gasteiger partial charge >= 0.3 is 5.69 Å². The Morgan fingerprint density at radius 3 is 2.81 bits per heavy atom. The fourth-order valence-electron chi connectivity index (χ4n) is 3.60. The number of hydrogen-bond acceptors (Lipinski definition) is 5. The highest BCUT2D eigenvalue weighted by atomic mass is 16.6. The molecule has 3 aromatic heterocycles. The van der Waals surface area contributed by atoms with Crippen molar-refractivity contribution in [1.82, 2.24) is 19.2 Å². The van der Waals surface area contributed by atoms with E-state index < -0.39 is 10.8 Å². The van der Waals surface area contributed by atoms with Crippen LogP contribution in [0.4, 0.5) is 11.4 Å². The number of pyridine rings is 1. The van der Waals surface area contributed by atoms with E-state index in [4.69, 9.17) is 0 Å². The quantitative estimate of drug-likeness (QED) is 0.328. The van der Waals surface area contributed by atoms with Gasteiger partial charge in [0.1, 0.15) is 0 Å². The van der Waals surface area contributed by atoms with Crippen molar-refractivity contribution in [3.63, 3.8) is 0 Å². The SMILES string of the molecule is O=C(Nc1cccc(Cn2nc3ccccn3c2=O)c1)c1c[nH]c2ccc([N+](=O)[O-])cc12. The number of aromatic amines is 1. The molecule has 2 aromatic carbocycles. The molecule has 0 spiro atoms. The van der Waals surface area contributed by atoms with Gasteiger partial charge in [0.05, 0.1) is 17.0 Å². The van der Waals surface area contributed by atoms with Gasteiger partial charge in [-0.05, 0) is 35.9 Å². The first-order chi connectivity index (χ1) is 15.5. The Kier molecular flexibility index (Phi) is 4.52. The number of rotatable bonds is 5. The van der Waals surface area contributed by atoms with Gasteiger partial charge in [0.2, 0.25) is 0 Å². The maximum absolute atomic E-state index is 12.8. The van der Waals surface area contributed by atoms with Gasteiger partial charge in [-0.3, -0.25) is 19.3 Å². The summed E-state index contributed by atoms with van der Waals surface area (Å²) in [6.07, 6.45) is 3.17. The van der Waals surface area contributed by atoms with Crippen LogP contribution in [0, 0.1) is 10.1 Å². The number of nitrogens with one attached hydrogen (secondary N) is 2. The summed E-state index contributed by atoms with van der Waals surface area (Å²) < 4.78 is 2.82. The van der Waals surface area contributed by atoms with E-state index in [0.29, 0.717) is 27.8 Å². The first-order valence-electron chi connectivity index (χ1n) is 9.69. The number of amides is 1. The molecule has 10 heteroatoms. The van der Waals surface area contributed by atoms with Crippen LogP contribution >= 0.6 is 0 Å². The summed E-state index contributed by atoms with van der Waals surface area (Å²) in [6, 6.07) is 16.7. The van der Waals surface area contributed by atoms with E-state index in [0.717, 1.165) is 5.56 Å². The molecule has 5 rings (SSSR count). The summed E-state index contributed by atoms with van der Waals surface area (Å²) in [6.45, 7) is 0.240. The maximum Gasteiger partial charge on any atom is 0.350 e. The van der Waals surface area contributed by atoms with Crippen LogP contribution in [0.3, 0.4) is 0 Å². The summed E-state index contributed by atoms with van der Waals surface area (Å²) in [7, 11) is 0. The van der Waals surface area contributed by atoms with Gasteiger partial charge in [-0.15, -0.1) is 5.10 Å². The number of nitrogens with zero attached hydrogens (tertiary/aromatic N) is 4. The lowest BCUT2D eigenvalue weighted by molar-refractivity contribution is -0.384. The lowest BCUT2D eigenvalue weighted by Crippen LogP contribution is -2.21. The molecule has 5 aromatic rings. The van der Waals surface area contributed by atoms with Crippen LogP contribution in [0.5, 0.6) is 0 Å². The van der Waals surface area contributed by atoms with E-state index in [1.165, 1.54) is 27.4 Å². The molecule has 1 amide bonds. The molecule has 0 atom stereocenters. The second-order valence-corrected chi connectivity index (χ2v) is 7.21. The first kappa shape index (κ1) is 19.2. The number of anilines is 1. The average Bonchev–Trinajstić information content (AvgIpc) is 3.35. The average molecular weight is 428 g/mol. The third-order valence-corrected chi connectivity index (χ3v) is 5.13. The summed E-state index contributed by atoms with van der Waals surface area (Å²) in [5, 5.41) is 18.7. The molecule has 10 nitrogen and oxygen atoms in total. The minimum absolute atomic E-state index is 0.0916. The number of carbonyl (C=O) groups is 1. The fourth-order valence-corrected chi connectivity index (χ4v) is 3.60. The van der Waals surface area contributed by atoms with Crippen molar-refractivity contribution in [3.05, 3.63) is 105 Å². The Hall–Kier alpha value is -4.73. The van der Waals surface area contributed by atoms with Crippen molar-refractivity contribution in [2.75, 3.05) is 5.32 Å². The van der Waals surface area contributed by atoms with Gasteiger partial charge in [0.15, 0.2) is 5.65 Å². The largest absolute Gasteiger partial charge is 0.360 e. The number of benzene rings is 2. The summed E-state index contributed by atoms with van der Waals surface area (Å²) in [5.74, 6) is -0.404. The van der Waals surface area contributed by atoms with Crippen LogP contribution in [-0.4, -0.2) is 30.0 Å². The van der Waals surface area contributed by atoms with E-state index in [1.54, 1.807) is 42.6 Å². The van der Waals surface area contributed by atoms with Crippen LogP contribution in [-0.2, 0) is 6.54 Å². The maximum atomic E-state index is 12.8. The second-order valence-electron chi connectivity index (χ2n) is 7.21. The molecular formula is C22H16N6O4. The highest BCUT2D eigenvalue weighted by Gasteiger charge is 2.16. The smallest absolute Gasteiger partial charge is 0.350 e. The van der Waals surface area contributed by atoms with Gasteiger partial charge in [-0.1, -0.05) is 18.2 Å². The topological polar surface area (TPSA) is 127 Å². The molecule has 0 aliphatic rings. The molecule has 2 N–H and O–H groups in total. The van der Waals surface area contributed by atoms with E-state index in [-0.39, 0.29) is 17.9 Å². The molecule has 0 bridgehead atoms. The summed E-state index contributed by atoms with van der Waals surface area (Å²) in [5.41, 5.74) is 2.44. The molecule has 158 valence electrons. The zero-order valence-electron chi connectivity index (χ0n) is 16.6. The predicted molar refractivity (Wildman–Crippen MR) is 118 cm³/mol. The molecule has 0 saturated carbocycles. The second kappa shape index (κ2) is 7.51. The molecule has 0 aliphatic carbocycles. The molecule has 0 radical (unpaired) electrons. The monoisotopic (exact) mass is 428 g/mol. The number of carbonyl (C=O) groups excluding carboxylic acids is 1. The molecule has 0 fully saturated rings. The Balaban J connectivity index is 1.40. The number of nitro benzene ring substituents is 1. The van der Waals surface area contributed by atoms with E-state index in [9.17, 15) is 19.7 Å². The van der Waals surface area contributed by atoms with Crippen LogP contribution in [0.2, 0.25) is 0 Å². The predicted octanol–water partition coefficient (Wildman–Crippen LogP) is 3.19. The minimum atomic E-state index is -0.501. The zero-order valence-corrected chi connectivity index (χ0v) is 16.6. The van der Waals surface area contributed by atoms with Gasteiger partial charge < -0.3 is 10.3 Å². The van der Waals surface area contributed by atoms with Crippen molar-refractivity contribution in [2.45, 2.75) is 6.54 Å². The number of hydrogen-bond donors (Lipinski definition) is 2. The van der Waals surface area contributed by atoms with Crippen LogP contribution in [0.25, 0.3) is 16.6 Å². The van der Waals surface area contributed by atoms with E-state index in [2.05, 4.69) is 15.4 Å². The van der Waals surface area contributed by atoms with Crippen molar-refractivity contribution >= 4 is 33.8 Å².